The van der Waals surface area contributed by atoms with Crippen LogP contribution in [0, 0.1) is 0 Å². The summed E-state index contributed by atoms with van der Waals surface area (Å²) >= 11 is 0. The summed E-state index contributed by atoms with van der Waals surface area (Å²) in [5.74, 6) is 0. The molecule has 0 aliphatic rings. The van der Waals surface area contributed by atoms with Crippen molar-refractivity contribution >= 4 is 24.2 Å². The zero-order valence-corrected chi connectivity index (χ0v) is 14.0. The minimum atomic E-state index is -2.60. The Kier molecular flexibility index (Phi) is 6.03. The van der Waals surface area contributed by atoms with Crippen LogP contribution in [-0.4, -0.2) is 61.1 Å². The lowest BCUT2D eigenvalue weighted by Crippen LogP contribution is -2.68. The molecule has 0 fully saturated rings. The van der Waals surface area contributed by atoms with Crippen LogP contribution in [0.15, 0.2) is 0 Å². The highest BCUT2D eigenvalue weighted by atomic mass is 29.3. The van der Waals surface area contributed by atoms with Gasteiger partial charge in [0.05, 0.1) is 0 Å². The van der Waals surface area contributed by atoms with Gasteiger partial charge in [0.2, 0.25) is 0 Å². The van der Waals surface area contributed by atoms with Crippen molar-refractivity contribution in [3.63, 3.8) is 0 Å². The molecule has 2 N–H and O–H groups in total. The molecule has 5 nitrogen and oxygen atoms in total. The molecule has 0 rings (SSSR count). The summed E-state index contributed by atoms with van der Waals surface area (Å²) in [6, 6.07) is 0. The van der Waals surface area contributed by atoms with Crippen LogP contribution in [0.4, 0.5) is 0 Å². The van der Waals surface area contributed by atoms with E-state index in [2.05, 4.69) is 0 Å². The Labute approximate surface area is 101 Å². The summed E-state index contributed by atoms with van der Waals surface area (Å²) < 4.78 is 16.6. The van der Waals surface area contributed by atoms with Crippen molar-refractivity contribution in [2.45, 2.75) is 26.2 Å². The second-order valence-corrected chi connectivity index (χ2v) is 22.1. The van der Waals surface area contributed by atoms with E-state index < -0.39 is 24.2 Å². The molecule has 0 radical (unpaired) electrons. The van der Waals surface area contributed by atoms with E-state index in [0.717, 1.165) is 0 Å². The lowest BCUT2D eigenvalue weighted by molar-refractivity contribution is 0.167. The van der Waals surface area contributed by atoms with Crippen molar-refractivity contribution in [3.05, 3.63) is 0 Å². The fourth-order valence-electron chi connectivity index (χ4n) is 1.18. The van der Waals surface area contributed by atoms with Crippen molar-refractivity contribution in [1.29, 1.82) is 0 Å². The molecule has 0 aliphatic carbocycles. The first-order chi connectivity index (χ1) is 7.20. The van der Waals surface area contributed by atoms with Crippen molar-refractivity contribution in [1.82, 2.24) is 0 Å². The Morgan fingerprint density at radius 3 is 1.50 bits per heavy atom. The van der Waals surface area contributed by atoms with Gasteiger partial charge in [-0.05, 0) is 13.1 Å². The van der Waals surface area contributed by atoms with Gasteiger partial charge in [0.25, 0.3) is 0 Å². The van der Waals surface area contributed by atoms with Crippen LogP contribution in [-0.2, 0) is 13.0 Å². The van der Waals surface area contributed by atoms with Crippen molar-refractivity contribution in [2.24, 2.45) is 0 Å². The third kappa shape index (κ3) is 3.47. The quantitative estimate of drug-likeness (QED) is 0.658. The number of aliphatic hydroxyl groups excluding tert-OH is 2. The topological polar surface area (TPSA) is 68.2 Å². The second-order valence-electron chi connectivity index (χ2n) is 4.76. The molecular weight excluding hydrogens is 260 g/mol. The summed E-state index contributed by atoms with van der Waals surface area (Å²) in [5.41, 5.74) is 0. The van der Waals surface area contributed by atoms with Crippen molar-refractivity contribution < 1.29 is 23.2 Å². The van der Waals surface area contributed by atoms with Crippen molar-refractivity contribution in [2.75, 3.05) is 26.7 Å². The van der Waals surface area contributed by atoms with E-state index in [1.165, 1.54) is 0 Å². The molecule has 0 aromatic rings. The first-order valence-corrected chi connectivity index (χ1v) is 14.3. The predicted octanol–water partition coefficient (Wildman–Crippen LogP) is 0.290. The molecule has 0 saturated heterocycles. The monoisotopic (exact) mass is 284 g/mol. The van der Waals surface area contributed by atoms with E-state index in [0.29, 0.717) is 0 Å². The van der Waals surface area contributed by atoms with Crippen LogP contribution in [0.3, 0.4) is 0 Å². The smallest absolute Gasteiger partial charge is 0.418 e. The molecule has 0 aromatic carbocycles. The van der Waals surface area contributed by atoms with Gasteiger partial charge in [0.15, 0.2) is 7.83 Å². The highest BCUT2D eigenvalue weighted by Gasteiger charge is 2.51. The van der Waals surface area contributed by atoms with Gasteiger partial charge in [-0.15, -0.1) is 0 Å². The Morgan fingerprint density at radius 1 is 0.875 bits per heavy atom. The van der Waals surface area contributed by atoms with E-state index in [-0.39, 0.29) is 12.5 Å². The van der Waals surface area contributed by atoms with Gasteiger partial charge >= 0.3 is 8.80 Å². The van der Waals surface area contributed by atoms with Crippen LogP contribution >= 0.6 is 0 Å². The maximum Gasteiger partial charge on any atom is 0.486 e. The molecule has 0 unspecified atom stereocenters. The molecule has 0 atom stereocenters. The van der Waals surface area contributed by atoms with Gasteiger partial charge in [0.1, 0.15) is 7.59 Å². The molecule has 8 heteroatoms. The summed E-state index contributed by atoms with van der Waals surface area (Å²) in [5, 5.41) is 18.9. The first kappa shape index (κ1) is 16.5. The zero-order valence-electron chi connectivity index (χ0n) is 11.0. The fourth-order valence-corrected chi connectivity index (χ4v) is 13.7. The number of aliphatic hydroxyl groups is 2. The number of rotatable bonds is 7. The lowest BCUT2D eigenvalue weighted by atomic mass is 11.6. The first-order valence-electron chi connectivity index (χ1n) is 5.22. The van der Waals surface area contributed by atoms with Crippen LogP contribution in [0.5, 0.6) is 0 Å². The van der Waals surface area contributed by atoms with Crippen LogP contribution in [0.2, 0.25) is 26.2 Å². The predicted molar refractivity (Wildman–Crippen MR) is 70.0 cm³/mol. The Bertz CT molecular complexity index is 216. The van der Waals surface area contributed by atoms with Gasteiger partial charge in [-0.3, -0.25) is 0 Å². The highest BCUT2D eigenvalue weighted by molar-refractivity contribution is 7.39. The largest absolute Gasteiger partial charge is 0.486 e. The average Bonchev–Trinajstić information content (AvgIpc) is 2.26. The number of hydrogen-bond acceptors (Lipinski definition) is 5. The van der Waals surface area contributed by atoms with Gasteiger partial charge in [-0.2, -0.15) is 0 Å². The van der Waals surface area contributed by atoms with Gasteiger partial charge in [-0.25, -0.2) is 0 Å². The molecule has 98 valence electrons. The van der Waals surface area contributed by atoms with E-state index in [1.54, 1.807) is 14.2 Å². The minimum Gasteiger partial charge on any atom is -0.418 e. The maximum absolute atomic E-state index is 9.45. The standard InChI is InChI=1S/C8H24O5Si3/c1-11-16(6,12-2)13-14(3,4)15(5,7-9)8-10/h9-10H,7-8H2,1-6H3. The summed E-state index contributed by atoms with van der Waals surface area (Å²) in [4.78, 5) is 0. The fraction of sp³-hybridized carbons (Fsp3) is 1.00. The third-order valence-corrected chi connectivity index (χ3v) is 23.2. The summed E-state index contributed by atoms with van der Waals surface area (Å²) in [6.07, 6.45) is 0.0568. The van der Waals surface area contributed by atoms with E-state index in [9.17, 15) is 10.2 Å². The molecule has 0 aromatic heterocycles. The SMILES string of the molecule is CO[Si](C)(OC)O[Si](C)(C)[Si](C)(CO)CO. The molecule has 0 bridgehead atoms. The summed E-state index contributed by atoms with van der Waals surface area (Å²) in [6.45, 7) is 7.80. The minimum absolute atomic E-state index is 0.0284. The maximum atomic E-state index is 9.45. The van der Waals surface area contributed by atoms with E-state index in [4.69, 9.17) is 13.0 Å². The normalized spacial score (nSPS) is 14.2. The lowest BCUT2D eigenvalue weighted by Gasteiger charge is -2.41. The molecule has 0 spiro atoms. The van der Waals surface area contributed by atoms with Crippen LogP contribution in [0.25, 0.3) is 0 Å². The van der Waals surface area contributed by atoms with Crippen LogP contribution < -0.4 is 0 Å². The second kappa shape index (κ2) is 5.87. The molecule has 0 aliphatic heterocycles. The highest BCUT2D eigenvalue weighted by Crippen LogP contribution is 2.24. The number of hydrogen-bond donors (Lipinski definition) is 2. The van der Waals surface area contributed by atoms with Gasteiger partial charge in [-0.1, -0.05) is 6.55 Å². The van der Waals surface area contributed by atoms with Crippen LogP contribution in [0.1, 0.15) is 0 Å². The zero-order chi connectivity index (χ0) is 13.0. The van der Waals surface area contributed by atoms with Gasteiger partial charge < -0.3 is 23.2 Å². The third-order valence-electron chi connectivity index (χ3n) is 3.33. The molecule has 0 saturated carbocycles. The Hall–Kier alpha value is 0.451. The molecular formula is C8H24O5Si3. The summed E-state index contributed by atoms with van der Waals surface area (Å²) in [7, 11) is -3.82. The Morgan fingerprint density at radius 2 is 1.25 bits per heavy atom. The average molecular weight is 285 g/mol. The van der Waals surface area contributed by atoms with E-state index >= 15 is 0 Å². The molecule has 16 heavy (non-hydrogen) atoms. The van der Waals surface area contributed by atoms with E-state index in [1.807, 2.05) is 26.2 Å². The Balaban J connectivity index is 4.92. The molecule has 0 amide bonds. The van der Waals surface area contributed by atoms with Gasteiger partial charge in [0, 0.05) is 33.2 Å². The molecule has 0 heterocycles. The van der Waals surface area contributed by atoms with Crippen molar-refractivity contribution in [3.8, 4) is 0 Å².